The lowest BCUT2D eigenvalue weighted by Crippen LogP contribution is -2.43. The van der Waals surface area contributed by atoms with Crippen LogP contribution in [0.1, 0.15) is 47.0 Å². The number of unbranched alkanes of at least 4 members (excludes halogenated alkanes) is 1. The van der Waals surface area contributed by atoms with Gasteiger partial charge >= 0.3 is 0 Å². The minimum absolute atomic E-state index is 0.0187. The third kappa shape index (κ3) is 4.94. The Labute approximate surface area is 107 Å². The largest absolute Gasteiger partial charge is 0.368 e. The summed E-state index contributed by atoms with van der Waals surface area (Å²) in [4.78, 5) is 2.24. The Morgan fingerprint density at radius 2 is 1.82 bits per heavy atom. The lowest BCUT2D eigenvalue weighted by atomic mass is 9.94. The molecule has 0 aromatic carbocycles. The molecule has 1 saturated heterocycles. The minimum atomic E-state index is -0.0367. The van der Waals surface area contributed by atoms with Crippen molar-refractivity contribution in [2.75, 3.05) is 27.2 Å². The standard InChI is InChI=1S/C14H30N2O/c1-13(2)11-12(14(3,4)17-13)15-9-7-8-10-16(5)6/h12,15H,7-11H2,1-6H3. The number of rotatable bonds is 6. The van der Waals surface area contributed by atoms with E-state index < -0.39 is 0 Å². The van der Waals surface area contributed by atoms with Gasteiger partial charge in [-0.05, 0) is 74.1 Å². The summed E-state index contributed by atoms with van der Waals surface area (Å²) in [5, 5.41) is 3.66. The monoisotopic (exact) mass is 242 g/mol. The quantitative estimate of drug-likeness (QED) is 0.723. The smallest absolute Gasteiger partial charge is 0.0787 e. The van der Waals surface area contributed by atoms with Crippen molar-refractivity contribution in [2.45, 2.75) is 64.2 Å². The van der Waals surface area contributed by atoms with Gasteiger partial charge in [0, 0.05) is 6.04 Å². The van der Waals surface area contributed by atoms with Crippen LogP contribution in [0.2, 0.25) is 0 Å². The fourth-order valence-electron chi connectivity index (χ4n) is 2.71. The van der Waals surface area contributed by atoms with Crippen molar-refractivity contribution in [2.24, 2.45) is 0 Å². The molecule has 0 bridgehead atoms. The molecule has 1 N–H and O–H groups in total. The molecule has 0 spiro atoms. The molecular formula is C14H30N2O. The molecule has 102 valence electrons. The second-order valence-corrected chi connectivity index (χ2v) is 6.69. The van der Waals surface area contributed by atoms with Crippen molar-refractivity contribution in [1.82, 2.24) is 10.2 Å². The van der Waals surface area contributed by atoms with E-state index in [0.29, 0.717) is 6.04 Å². The van der Waals surface area contributed by atoms with Crippen molar-refractivity contribution in [3.05, 3.63) is 0 Å². The summed E-state index contributed by atoms with van der Waals surface area (Å²) in [7, 11) is 4.26. The molecule has 0 amide bonds. The maximum absolute atomic E-state index is 6.07. The summed E-state index contributed by atoms with van der Waals surface area (Å²) in [5.74, 6) is 0. The average molecular weight is 242 g/mol. The number of nitrogens with zero attached hydrogens (tertiary/aromatic N) is 1. The zero-order valence-electron chi connectivity index (χ0n) is 12.5. The van der Waals surface area contributed by atoms with E-state index in [2.05, 4.69) is 52.0 Å². The molecule has 1 unspecified atom stereocenters. The highest BCUT2D eigenvalue weighted by atomic mass is 16.5. The van der Waals surface area contributed by atoms with Crippen molar-refractivity contribution in [1.29, 1.82) is 0 Å². The zero-order chi connectivity index (χ0) is 13.1. The van der Waals surface area contributed by atoms with Crippen LogP contribution in [0.15, 0.2) is 0 Å². The maximum atomic E-state index is 6.07. The number of ether oxygens (including phenoxy) is 1. The van der Waals surface area contributed by atoms with Crippen molar-refractivity contribution in [3.63, 3.8) is 0 Å². The topological polar surface area (TPSA) is 24.5 Å². The van der Waals surface area contributed by atoms with Crippen LogP contribution in [-0.2, 0) is 4.74 Å². The van der Waals surface area contributed by atoms with E-state index in [1.807, 2.05) is 0 Å². The van der Waals surface area contributed by atoms with Crippen LogP contribution in [0.3, 0.4) is 0 Å². The highest BCUT2D eigenvalue weighted by Gasteiger charge is 2.45. The van der Waals surface area contributed by atoms with Gasteiger partial charge in [-0.3, -0.25) is 0 Å². The predicted octanol–water partition coefficient (Wildman–Crippen LogP) is 2.26. The normalized spacial score (nSPS) is 26.6. The summed E-state index contributed by atoms with van der Waals surface area (Å²) in [6, 6.07) is 0.483. The SMILES string of the molecule is CN(C)CCCCNC1CC(C)(C)OC1(C)C. The first kappa shape index (κ1) is 14.9. The van der Waals surface area contributed by atoms with Gasteiger partial charge < -0.3 is 15.0 Å². The Balaban J connectivity index is 2.23. The molecule has 1 aliphatic heterocycles. The first-order chi connectivity index (χ1) is 7.73. The van der Waals surface area contributed by atoms with Gasteiger partial charge in [-0.15, -0.1) is 0 Å². The molecule has 17 heavy (non-hydrogen) atoms. The van der Waals surface area contributed by atoms with E-state index in [-0.39, 0.29) is 11.2 Å². The molecule has 0 aromatic rings. The van der Waals surface area contributed by atoms with Crippen LogP contribution < -0.4 is 5.32 Å². The Bertz CT molecular complexity index is 236. The first-order valence-electron chi connectivity index (χ1n) is 6.81. The summed E-state index contributed by atoms with van der Waals surface area (Å²) >= 11 is 0. The molecule has 1 fully saturated rings. The van der Waals surface area contributed by atoms with Crippen molar-refractivity contribution >= 4 is 0 Å². The Hall–Kier alpha value is -0.120. The van der Waals surface area contributed by atoms with Crippen LogP contribution in [-0.4, -0.2) is 49.3 Å². The lowest BCUT2D eigenvalue weighted by molar-refractivity contribution is -0.0697. The number of nitrogens with one attached hydrogen (secondary N) is 1. The molecule has 3 nitrogen and oxygen atoms in total. The van der Waals surface area contributed by atoms with E-state index in [1.165, 1.54) is 19.4 Å². The second kappa shape index (κ2) is 5.68. The molecule has 3 heteroatoms. The molecule has 0 saturated carbocycles. The van der Waals surface area contributed by atoms with Crippen LogP contribution in [0.4, 0.5) is 0 Å². The highest BCUT2D eigenvalue weighted by molar-refractivity contribution is 4.98. The maximum Gasteiger partial charge on any atom is 0.0787 e. The van der Waals surface area contributed by atoms with Crippen LogP contribution in [0.25, 0.3) is 0 Å². The van der Waals surface area contributed by atoms with Gasteiger partial charge in [0.1, 0.15) is 0 Å². The third-order valence-corrected chi connectivity index (χ3v) is 3.50. The summed E-state index contributed by atoms with van der Waals surface area (Å²) in [6.07, 6.45) is 3.61. The van der Waals surface area contributed by atoms with Crippen molar-refractivity contribution in [3.8, 4) is 0 Å². The van der Waals surface area contributed by atoms with Gasteiger partial charge in [-0.25, -0.2) is 0 Å². The fourth-order valence-corrected chi connectivity index (χ4v) is 2.71. The molecule has 0 radical (unpaired) electrons. The summed E-state index contributed by atoms with van der Waals surface area (Å²) < 4.78 is 6.07. The number of hydrogen-bond donors (Lipinski definition) is 1. The van der Waals surface area contributed by atoms with E-state index in [0.717, 1.165) is 13.0 Å². The minimum Gasteiger partial charge on any atom is -0.368 e. The third-order valence-electron chi connectivity index (χ3n) is 3.50. The molecular weight excluding hydrogens is 212 g/mol. The Morgan fingerprint density at radius 3 is 2.29 bits per heavy atom. The summed E-state index contributed by atoms with van der Waals surface area (Å²) in [6.45, 7) is 11.0. The molecule has 1 aliphatic rings. The van der Waals surface area contributed by atoms with Gasteiger partial charge in [-0.2, -0.15) is 0 Å². The highest BCUT2D eigenvalue weighted by Crippen LogP contribution is 2.37. The van der Waals surface area contributed by atoms with E-state index >= 15 is 0 Å². The van der Waals surface area contributed by atoms with Crippen LogP contribution >= 0.6 is 0 Å². The Morgan fingerprint density at radius 1 is 1.18 bits per heavy atom. The molecule has 1 rings (SSSR count). The van der Waals surface area contributed by atoms with Crippen molar-refractivity contribution < 1.29 is 4.74 Å². The zero-order valence-corrected chi connectivity index (χ0v) is 12.5. The molecule has 0 aliphatic carbocycles. The predicted molar refractivity (Wildman–Crippen MR) is 73.4 cm³/mol. The average Bonchev–Trinajstić information content (AvgIpc) is 2.33. The van der Waals surface area contributed by atoms with Gasteiger partial charge in [0.25, 0.3) is 0 Å². The van der Waals surface area contributed by atoms with Crippen LogP contribution in [0, 0.1) is 0 Å². The van der Waals surface area contributed by atoms with E-state index in [9.17, 15) is 0 Å². The number of hydrogen-bond acceptors (Lipinski definition) is 3. The Kier molecular flexibility index (Phi) is 4.99. The molecule has 1 heterocycles. The van der Waals surface area contributed by atoms with E-state index in [4.69, 9.17) is 4.74 Å². The van der Waals surface area contributed by atoms with Gasteiger partial charge in [-0.1, -0.05) is 0 Å². The first-order valence-corrected chi connectivity index (χ1v) is 6.81. The van der Waals surface area contributed by atoms with E-state index in [1.54, 1.807) is 0 Å². The summed E-state index contributed by atoms with van der Waals surface area (Å²) in [5.41, 5.74) is -0.0180. The lowest BCUT2D eigenvalue weighted by Gasteiger charge is -2.28. The van der Waals surface area contributed by atoms with Gasteiger partial charge in [0.2, 0.25) is 0 Å². The van der Waals surface area contributed by atoms with Gasteiger partial charge in [0.15, 0.2) is 0 Å². The molecule has 1 atom stereocenters. The fraction of sp³-hybridized carbons (Fsp3) is 1.00. The molecule has 0 aromatic heterocycles. The van der Waals surface area contributed by atoms with Gasteiger partial charge in [0.05, 0.1) is 11.2 Å². The van der Waals surface area contributed by atoms with Crippen LogP contribution in [0.5, 0.6) is 0 Å². The second-order valence-electron chi connectivity index (χ2n) is 6.69.